The van der Waals surface area contributed by atoms with Gasteiger partial charge in [-0.2, -0.15) is 0 Å². The van der Waals surface area contributed by atoms with E-state index in [4.69, 9.17) is 0 Å². The molecule has 4 saturated carbocycles. The number of allylic oxidation sites excluding steroid dienone is 2. The summed E-state index contributed by atoms with van der Waals surface area (Å²) >= 11 is -0.298. The van der Waals surface area contributed by atoms with E-state index < -0.39 is 0 Å². The van der Waals surface area contributed by atoms with Gasteiger partial charge in [-0.1, -0.05) is 0 Å². The molecule has 0 saturated heterocycles. The molecule has 0 aliphatic heterocycles. The minimum Gasteiger partial charge on any atom is -1.00 e. The van der Waals surface area contributed by atoms with E-state index in [1.165, 1.54) is 128 Å². The number of rotatable bonds is 8. The van der Waals surface area contributed by atoms with Gasteiger partial charge in [0.05, 0.1) is 0 Å². The number of fused-ring (bicyclic) bond motifs is 2. The molecule has 6 aliphatic rings. The molecule has 0 amide bonds. The molecule has 0 nitrogen and oxygen atoms in total. The fourth-order valence-electron chi connectivity index (χ4n) is 10.5. The van der Waals surface area contributed by atoms with Crippen molar-refractivity contribution in [3.8, 4) is 0 Å². The summed E-state index contributed by atoms with van der Waals surface area (Å²) in [4.78, 5) is 0. The third-order valence-electron chi connectivity index (χ3n) is 12.6. The Bertz CT molecular complexity index is 1220. The average Bonchev–Trinajstić information content (AvgIpc) is 3.65. The van der Waals surface area contributed by atoms with Crippen molar-refractivity contribution in [3.05, 3.63) is 81.4 Å². The van der Waals surface area contributed by atoms with Crippen LogP contribution in [0.25, 0.3) is 12.2 Å². The Morgan fingerprint density at radius 3 is 1.02 bits per heavy atom. The number of halogens is 2. The maximum absolute atomic E-state index is 2.83. The van der Waals surface area contributed by atoms with Crippen LogP contribution >= 0.6 is 15.8 Å². The maximum Gasteiger partial charge on any atom is -1.00 e. The van der Waals surface area contributed by atoms with Gasteiger partial charge < -0.3 is 24.8 Å². The molecule has 252 valence electrons. The second-order valence-corrected chi connectivity index (χ2v) is 23.3. The quantitative estimate of drug-likeness (QED) is 0.194. The van der Waals surface area contributed by atoms with Crippen LogP contribution in [0.1, 0.15) is 159 Å². The van der Waals surface area contributed by atoms with E-state index in [2.05, 4.69) is 60.7 Å². The Morgan fingerprint density at radius 1 is 0.404 bits per heavy atom. The first kappa shape index (κ1) is 36.9. The molecule has 0 radical (unpaired) electrons. The van der Waals surface area contributed by atoms with Crippen molar-refractivity contribution in [1.29, 1.82) is 0 Å². The van der Waals surface area contributed by atoms with Gasteiger partial charge in [0, 0.05) is 0 Å². The third kappa shape index (κ3) is 7.95. The molecule has 8 rings (SSSR count). The van der Waals surface area contributed by atoms with Crippen LogP contribution in [-0.4, -0.2) is 22.6 Å². The topological polar surface area (TPSA) is 0 Å². The van der Waals surface area contributed by atoms with Crippen LogP contribution < -0.4 is 24.8 Å². The molecule has 0 spiro atoms. The summed E-state index contributed by atoms with van der Waals surface area (Å²) in [5, 5.41) is 4.02. The predicted molar refractivity (Wildman–Crippen MR) is 196 cm³/mol. The molecule has 2 unspecified atom stereocenters. The van der Waals surface area contributed by atoms with E-state index in [1.54, 1.807) is 22.3 Å². The Kier molecular flexibility index (Phi) is 13.7. The number of hydrogen-bond acceptors (Lipinski definition) is 0. The van der Waals surface area contributed by atoms with Crippen LogP contribution in [0.3, 0.4) is 0 Å². The largest absolute Gasteiger partial charge is 1.00 e. The molecule has 2 aromatic carbocycles. The zero-order valence-electron chi connectivity index (χ0n) is 28.5. The van der Waals surface area contributed by atoms with E-state index in [1.807, 2.05) is 10.6 Å². The molecule has 0 heterocycles. The second-order valence-electron chi connectivity index (χ2n) is 15.4. The summed E-state index contributed by atoms with van der Waals surface area (Å²) in [6.45, 7) is 0. The van der Waals surface area contributed by atoms with Crippen molar-refractivity contribution >= 4 is 28.0 Å². The molecule has 5 heteroatoms. The normalized spacial score (nSPS) is 25.7. The average molecular weight is 742 g/mol. The van der Waals surface area contributed by atoms with Gasteiger partial charge in [0.1, 0.15) is 0 Å². The first-order valence-electron chi connectivity index (χ1n) is 19.3. The number of hydrogen-bond donors (Lipinski definition) is 0. The van der Waals surface area contributed by atoms with Gasteiger partial charge in [0.2, 0.25) is 0 Å². The summed E-state index contributed by atoms with van der Waals surface area (Å²) in [5.74, 6) is 0. The standard InChI is InChI=1S/2C21H28P.2ClH.Ti/c2*1-3-11-19(12-4-1)22(20-13-5-2-6-14-20)21-15-17-9-7-8-10-18(17)16-21;;;/h2*7-10,15-16,19-20H,1-6,11-14H2;2*1H;/q;;;;+2/p-2. The molecule has 4 fully saturated rings. The summed E-state index contributed by atoms with van der Waals surface area (Å²) < 4.78 is 1.51. The van der Waals surface area contributed by atoms with E-state index in [0.717, 1.165) is 31.1 Å². The fraction of sp³-hybridized carbons (Fsp3) is 0.619. The fourth-order valence-corrected chi connectivity index (χ4v) is 23.2. The Hall–Kier alpha value is 0.0743. The van der Waals surface area contributed by atoms with Crippen LogP contribution in [-0.2, 0) is 19.2 Å². The van der Waals surface area contributed by atoms with Crippen molar-refractivity contribution in [2.24, 2.45) is 0 Å². The molecule has 6 aliphatic carbocycles. The van der Waals surface area contributed by atoms with Gasteiger partial charge in [-0.3, -0.25) is 0 Å². The van der Waals surface area contributed by atoms with Gasteiger partial charge >= 0.3 is 288 Å². The van der Waals surface area contributed by atoms with Gasteiger partial charge in [-0.25, -0.2) is 0 Å². The minimum absolute atomic E-state index is 0. The first-order chi connectivity index (χ1) is 22.3. The van der Waals surface area contributed by atoms with Crippen LogP contribution in [0.5, 0.6) is 0 Å². The summed E-state index contributed by atoms with van der Waals surface area (Å²) in [6.07, 6.45) is 35.7. The van der Waals surface area contributed by atoms with Gasteiger partial charge in [0.25, 0.3) is 0 Å². The van der Waals surface area contributed by atoms with Crippen LogP contribution in [0.15, 0.2) is 59.2 Å². The van der Waals surface area contributed by atoms with Crippen LogP contribution in [0.4, 0.5) is 0 Å². The van der Waals surface area contributed by atoms with E-state index >= 15 is 0 Å². The van der Waals surface area contributed by atoms with Crippen molar-refractivity contribution < 1.29 is 44.0 Å². The maximum atomic E-state index is 2.83. The van der Waals surface area contributed by atoms with E-state index in [-0.39, 0.29) is 59.8 Å². The smallest absolute Gasteiger partial charge is 1.00 e. The summed E-state index contributed by atoms with van der Waals surface area (Å²) in [7, 11) is -0.0939. The molecule has 0 N–H and O–H groups in total. The first-order valence-corrected chi connectivity index (χ1v) is 24.1. The number of benzene rings is 2. The Morgan fingerprint density at radius 2 is 0.702 bits per heavy atom. The van der Waals surface area contributed by atoms with Gasteiger partial charge in [0.15, 0.2) is 0 Å². The van der Waals surface area contributed by atoms with E-state index in [0.29, 0.717) is 0 Å². The summed E-state index contributed by atoms with van der Waals surface area (Å²) in [5.41, 5.74) is 10.7. The van der Waals surface area contributed by atoms with Crippen molar-refractivity contribution in [2.75, 3.05) is 0 Å². The van der Waals surface area contributed by atoms with Crippen molar-refractivity contribution in [1.82, 2.24) is 0 Å². The third-order valence-corrected chi connectivity index (χ3v) is 23.5. The Balaban J connectivity index is 0.00000193. The Labute approximate surface area is 310 Å². The second kappa shape index (κ2) is 17.5. The molecule has 0 bridgehead atoms. The molecular formula is C42H56Cl2P2Ti. The molecule has 2 aromatic rings. The van der Waals surface area contributed by atoms with Gasteiger partial charge in [-0.05, 0) is 0 Å². The monoisotopic (exact) mass is 740 g/mol. The zero-order chi connectivity index (χ0) is 30.0. The predicted octanol–water partition coefficient (Wildman–Crippen LogP) is 7.56. The van der Waals surface area contributed by atoms with Crippen LogP contribution in [0.2, 0.25) is 0 Å². The van der Waals surface area contributed by atoms with E-state index in [9.17, 15) is 0 Å². The van der Waals surface area contributed by atoms with Gasteiger partial charge in [-0.15, -0.1) is 0 Å². The summed E-state index contributed by atoms with van der Waals surface area (Å²) in [6, 6.07) is 19.6. The minimum atomic E-state index is -0.298. The van der Waals surface area contributed by atoms with Crippen molar-refractivity contribution in [3.63, 3.8) is 0 Å². The molecule has 2 atom stereocenters. The molecule has 47 heavy (non-hydrogen) atoms. The molecular weight excluding hydrogens is 685 g/mol. The SMILES string of the molecule is C1=C(P(C2CCCCC2)C2CCCCC2)[CH]([Ti+2][CH]2C(P(C3CCCCC3)C3CCCCC3)=Cc3ccccc32)c2ccccc21.[Cl-].[Cl-]. The zero-order valence-corrected chi connectivity index (χ0v) is 33.4. The van der Waals surface area contributed by atoms with Crippen molar-refractivity contribution in [2.45, 2.75) is 159 Å². The van der Waals surface area contributed by atoms with Crippen LogP contribution in [0, 0.1) is 0 Å². The molecule has 0 aromatic heterocycles.